The van der Waals surface area contributed by atoms with Crippen molar-refractivity contribution in [3.05, 3.63) is 28.0 Å². The Hall–Kier alpha value is -0.840. The molecule has 2 fully saturated rings. The van der Waals surface area contributed by atoms with Gasteiger partial charge in [0.15, 0.2) is 0 Å². The van der Waals surface area contributed by atoms with E-state index in [1.807, 2.05) is 0 Å². The molecule has 1 aromatic rings. The van der Waals surface area contributed by atoms with E-state index in [4.69, 9.17) is 23.2 Å². The highest BCUT2D eigenvalue weighted by Gasteiger charge is 2.36. The van der Waals surface area contributed by atoms with Crippen molar-refractivity contribution in [1.29, 1.82) is 0 Å². The average Bonchev–Trinajstić information content (AvgIpc) is 2.39. The Morgan fingerprint density at radius 1 is 1.29 bits per heavy atom. The van der Waals surface area contributed by atoms with Crippen molar-refractivity contribution >= 4 is 29.1 Å². The fraction of sp³-hybridized carbons (Fsp3) is 0.600. The van der Waals surface area contributed by atoms with Crippen LogP contribution in [0, 0.1) is 0 Å². The zero-order valence-electron chi connectivity index (χ0n) is 12.0. The molecule has 0 aromatic carbocycles. The van der Waals surface area contributed by atoms with Crippen molar-refractivity contribution in [3.8, 4) is 0 Å². The molecule has 0 radical (unpaired) electrons. The van der Waals surface area contributed by atoms with E-state index in [-0.39, 0.29) is 17.1 Å². The lowest BCUT2D eigenvalue weighted by Gasteiger charge is -2.47. The molecule has 2 aliphatic heterocycles. The summed E-state index contributed by atoms with van der Waals surface area (Å²) in [5.74, 6) is -0.156. The summed E-state index contributed by atoms with van der Waals surface area (Å²) in [5.41, 5.74) is 0.394. The number of hydrogen-bond donors (Lipinski definition) is 1. The van der Waals surface area contributed by atoms with Crippen molar-refractivity contribution in [2.45, 2.75) is 50.2 Å². The minimum Gasteiger partial charge on any atom is -0.349 e. The monoisotopic (exact) mass is 327 g/mol. The summed E-state index contributed by atoms with van der Waals surface area (Å²) in [6.45, 7) is 0. The molecule has 114 valence electrons. The van der Waals surface area contributed by atoms with Crippen molar-refractivity contribution in [1.82, 2.24) is 15.2 Å². The van der Waals surface area contributed by atoms with Gasteiger partial charge in [0, 0.05) is 18.1 Å². The lowest BCUT2D eigenvalue weighted by atomic mass is 9.82. The molecule has 3 rings (SSSR count). The van der Waals surface area contributed by atoms with E-state index in [1.54, 1.807) is 12.1 Å². The zero-order chi connectivity index (χ0) is 15.0. The molecule has 4 nitrogen and oxygen atoms in total. The molecule has 0 spiro atoms. The summed E-state index contributed by atoms with van der Waals surface area (Å²) < 4.78 is 0. The molecule has 2 saturated heterocycles. The summed E-state index contributed by atoms with van der Waals surface area (Å²) in [5, 5.41) is 3.57. The molecule has 1 amide bonds. The largest absolute Gasteiger partial charge is 0.349 e. The summed E-state index contributed by atoms with van der Waals surface area (Å²) in [6.07, 6.45) is 5.77. The van der Waals surface area contributed by atoms with E-state index in [0.29, 0.717) is 22.8 Å². The summed E-state index contributed by atoms with van der Waals surface area (Å²) in [7, 11) is 2.20. The van der Waals surface area contributed by atoms with Crippen LogP contribution in [0.4, 0.5) is 0 Å². The SMILES string of the molecule is CN1C2CCCC1CC(NC(=O)c1ccc(Cl)nc1Cl)C2. The first-order valence-electron chi connectivity index (χ1n) is 7.39. The molecule has 2 atom stereocenters. The first-order chi connectivity index (χ1) is 10.0. The van der Waals surface area contributed by atoms with Crippen LogP contribution >= 0.6 is 23.2 Å². The first-order valence-corrected chi connectivity index (χ1v) is 8.15. The number of halogens is 2. The van der Waals surface area contributed by atoms with Crippen LogP contribution in [0.15, 0.2) is 12.1 Å². The topological polar surface area (TPSA) is 45.2 Å². The molecule has 21 heavy (non-hydrogen) atoms. The van der Waals surface area contributed by atoms with E-state index in [9.17, 15) is 4.79 Å². The number of carbonyl (C=O) groups excluding carboxylic acids is 1. The molecular weight excluding hydrogens is 309 g/mol. The summed E-state index contributed by atoms with van der Waals surface area (Å²) in [4.78, 5) is 18.7. The number of nitrogens with zero attached hydrogens (tertiary/aromatic N) is 2. The van der Waals surface area contributed by atoms with E-state index in [2.05, 4.69) is 22.2 Å². The van der Waals surface area contributed by atoms with Gasteiger partial charge in [-0.25, -0.2) is 4.98 Å². The predicted molar refractivity (Wildman–Crippen MR) is 83.9 cm³/mol. The Kier molecular flexibility index (Phi) is 4.38. The van der Waals surface area contributed by atoms with Crippen LogP contribution in [0.25, 0.3) is 0 Å². The van der Waals surface area contributed by atoms with E-state index >= 15 is 0 Å². The third kappa shape index (κ3) is 3.17. The van der Waals surface area contributed by atoms with Crippen LogP contribution in [0.3, 0.4) is 0 Å². The Labute approximate surface area is 134 Å². The van der Waals surface area contributed by atoms with Crippen LogP contribution in [-0.2, 0) is 0 Å². The van der Waals surface area contributed by atoms with Crippen LogP contribution in [0.2, 0.25) is 10.3 Å². The Morgan fingerprint density at radius 2 is 1.95 bits per heavy atom. The second-order valence-corrected chi connectivity index (χ2v) is 6.76. The predicted octanol–water partition coefficient (Wildman–Crippen LogP) is 3.13. The normalized spacial score (nSPS) is 29.2. The zero-order valence-corrected chi connectivity index (χ0v) is 13.5. The fourth-order valence-corrected chi connectivity index (χ4v) is 4.01. The van der Waals surface area contributed by atoms with Gasteiger partial charge in [-0.15, -0.1) is 0 Å². The van der Waals surface area contributed by atoms with Crippen LogP contribution < -0.4 is 5.32 Å². The first kappa shape index (κ1) is 15.1. The van der Waals surface area contributed by atoms with Crippen molar-refractivity contribution < 1.29 is 4.79 Å². The third-order valence-corrected chi connectivity index (χ3v) is 5.23. The Balaban J connectivity index is 1.68. The minimum atomic E-state index is -0.156. The molecule has 2 unspecified atom stereocenters. The van der Waals surface area contributed by atoms with Gasteiger partial charge in [-0.2, -0.15) is 0 Å². The standard InChI is InChI=1S/C15H19Cl2N3O/c1-20-10-3-2-4-11(20)8-9(7-10)18-15(21)12-5-6-13(16)19-14(12)17/h5-6,9-11H,2-4,7-8H2,1H3,(H,18,21). The van der Waals surface area contributed by atoms with E-state index in [1.165, 1.54) is 19.3 Å². The molecule has 0 saturated carbocycles. The van der Waals surface area contributed by atoms with Gasteiger partial charge < -0.3 is 10.2 Å². The van der Waals surface area contributed by atoms with Gasteiger partial charge in [-0.1, -0.05) is 29.6 Å². The highest BCUT2D eigenvalue weighted by molar-refractivity contribution is 6.34. The molecule has 3 heterocycles. The van der Waals surface area contributed by atoms with Crippen LogP contribution in [0.1, 0.15) is 42.5 Å². The Morgan fingerprint density at radius 3 is 2.57 bits per heavy atom. The van der Waals surface area contributed by atoms with Gasteiger partial charge in [0.2, 0.25) is 0 Å². The van der Waals surface area contributed by atoms with Crippen LogP contribution in [0.5, 0.6) is 0 Å². The number of piperidine rings is 2. The smallest absolute Gasteiger partial charge is 0.254 e. The van der Waals surface area contributed by atoms with Crippen molar-refractivity contribution in [2.75, 3.05) is 7.05 Å². The lowest BCUT2D eigenvalue weighted by molar-refractivity contribution is 0.0463. The third-order valence-electron chi connectivity index (χ3n) is 4.73. The maximum absolute atomic E-state index is 12.4. The number of fused-ring (bicyclic) bond motifs is 2. The number of rotatable bonds is 2. The van der Waals surface area contributed by atoms with Gasteiger partial charge in [-0.05, 0) is 44.9 Å². The molecule has 2 aliphatic rings. The second kappa shape index (κ2) is 6.11. The lowest BCUT2D eigenvalue weighted by Crippen LogP contribution is -2.55. The summed E-state index contributed by atoms with van der Waals surface area (Å²) in [6, 6.07) is 4.60. The fourth-order valence-electron chi connectivity index (χ4n) is 3.58. The van der Waals surface area contributed by atoms with E-state index in [0.717, 1.165) is 12.8 Å². The highest BCUT2D eigenvalue weighted by Crippen LogP contribution is 2.32. The van der Waals surface area contributed by atoms with Gasteiger partial charge in [-0.3, -0.25) is 4.79 Å². The number of nitrogens with one attached hydrogen (secondary N) is 1. The molecular formula is C15H19Cl2N3O. The van der Waals surface area contributed by atoms with Crippen molar-refractivity contribution in [3.63, 3.8) is 0 Å². The van der Waals surface area contributed by atoms with Gasteiger partial charge in [0.1, 0.15) is 10.3 Å². The van der Waals surface area contributed by atoms with E-state index < -0.39 is 0 Å². The van der Waals surface area contributed by atoms with Crippen molar-refractivity contribution in [2.24, 2.45) is 0 Å². The number of hydrogen-bond acceptors (Lipinski definition) is 3. The Bertz CT molecular complexity index is 538. The summed E-state index contributed by atoms with van der Waals surface area (Å²) >= 11 is 11.8. The maximum Gasteiger partial charge on any atom is 0.254 e. The molecule has 2 bridgehead atoms. The average molecular weight is 328 g/mol. The number of pyridine rings is 1. The second-order valence-electron chi connectivity index (χ2n) is 6.02. The maximum atomic E-state index is 12.4. The highest BCUT2D eigenvalue weighted by atomic mass is 35.5. The van der Waals surface area contributed by atoms with Gasteiger partial charge in [0.25, 0.3) is 5.91 Å². The molecule has 0 aliphatic carbocycles. The van der Waals surface area contributed by atoms with Crippen LogP contribution in [-0.4, -0.2) is 41.0 Å². The van der Waals surface area contributed by atoms with Gasteiger partial charge in [0.05, 0.1) is 5.56 Å². The number of amides is 1. The molecule has 1 N–H and O–H groups in total. The molecule has 6 heteroatoms. The quantitative estimate of drug-likeness (QED) is 0.849. The minimum absolute atomic E-state index is 0.156. The number of aromatic nitrogens is 1. The molecule has 1 aromatic heterocycles. The van der Waals surface area contributed by atoms with Gasteiger partial charge >= 0.3 is 0 Å². The number of carbonyl (C=O) groups is 1.